The number of nitrogens with zero attached hydrogens (tertiary/aromatic N) is 2. The molecule has 0 bridgehead atoms. The average molecular weight is 270 g/mol. The monoisotopic (exact) mass is 270 g/mol. The molecule has 0 aliphatic heterocycles. The summed E-state index contributed by atoms with van der Waals surface area (Å²) in [6.45, 7) is 5.13. The summed E-state index contributed by atoms with van der Waals surface area (Å²) in [7, 11) is 0. The summed E-state index contributed by atoms with van der Waals surface area (Å²) in [4.78, 5) is 20.4. The minimum Gasteiger partial charge on any atom is -0.370 e. The quantitative estimate of drug-likeness (QED) is 0.873. The Morgan fingerprint density at radius 1 is 1.25 bits per heavy atom. The second-order valence-corrected chi connectivity index (χ2v) is 4.45. The number of hydrogen-bond donors (Lipinski definition) is 2. The summed E-state index contributed by atoms with van der Waals surface area (Å²) < 4.78 is 0. The third-order valence-corrected chi connectivity index (χ3v) is 2.78. The van der Waals surface area contributed by atoms with Crippen LogP contribution in [-0.2, 0) is 6.54 Å². The Kier molecular flexibility index (Phi) is 4.65. The lowest BCUT2D eigenvalue weighted by Gasteiger charge is -2.08. The zero-order valence-electron chi connectivity index (χ0n) is 11.7. The van der Waals surface area contributed by atoms with E-state index in [1.807, 2.05) is 26.0 Å². The Bertz CT molecular complexity index is 584. The highest BCUT2D eigenvalue weighted by molar-refractivity contribution is 5.94. The Morgan fingerprint density at radius 2 is 2.00 bits per heavy atom. The van der Waals surface area contributed by atoms with E-state index in [0.29, 0.717) is 12.1 Å². The molecule has 0 atom stereocenters. The molecule has 2 heterocycles. The van der Waals surface area contributed by atoms with Crippen molar-refractivity contribution in [3.63, 3.8) is 0 Å². The fourth-order valence-corrected chi connectivity index (χ4v) is 1.86. The van der Waals surface area contributed by atoms with E-state index < -0.39 is 0 Å². The number of carbonyl (C=O) groups excluding carboxylic acids is 1. The van der Waals surface area contributed by atoms with Gasteiger partial charge in [-0.15, -0.1) is 0 Å². The number of pyridine rings is 2. The van der Waals surface area contributed by atoms with Gasteiger partial charge < -0.3 is 10.6 Å². The standard InChI is InChI=1S/C15H18N4O/c1-3-17-14-9-13(8-11(2)19-14)15(20)18-10-12-4-6-16-7-5-12/h4-9H,3,10H2,1-2H3,(H,17,19)(H,18,20). The summed E-state index contributed by atoms with van der Waals surface area (Å²) in [5.74, 6) is 0.619. The molecule has 0 radical (unpaired) electrons. The number of anilines is 1. The van der Waals surface area contributed by atoms with E-state index in [-0.39, 0.29) is 5.91 Å². The molecule has 0 aromatic carbocycles. The molecule has 0 unspecified atom stereocenters. The lowest BCUT2D eigenvalue weighted by Crippen LogP contribution is -2.23. The van der Waals surface area contributed by atoms with E-state index in [9.17, 15) is 4.79 Å². The predicted octanol–water partition coefficient (Wildman–Crippen LogP) is 2.15. The molecule has 0 aliphatic rings. The summed E-state index contributed by atoms with van der Waals surface area (Å²) >= 11 is 0. The molecule has 0 aliphatic carbocycles. The van der Waals surface area contributed by atoms with Crippen LogP contribution in [0.2, 0.25) is 0 Å². The molecule has 2 aromatic heterocycles. The van der Waals surface area contributed by atoms with E-state index >= 15 is 0 Å². The van der Waals surface area contributed by atoms with E-state index in [4.69, 9.17) is 0 Å². The van der Waals surface area contributed by atoms with Gasteiger partial charge >= 0.3 is 0 Å². The van der Waals surface area contributed by atoms with Crippen LogP contribution in [0.15, 0.2) is 36.7 Å². The van der Waals surface area contributed by atoms with Gasteiger partial charge in [-0.05, 0) is 43.7 Å². The molecule has 20 heavy (non-hydrogen) atoms. The van der Waals surface area contributed by atoms with Crippen LogP contribution in [0.3, 0.4) is 0 Å². The lowest BCUT2D eigenvalue weighted by atomic mass is 10.2. The van der Waals surface area contributed by atoms with Crippen molar-refractivity contribution in [2.75, 3.05) is 11.9 Å². The van der Waals surface area contributed by atoms with E-state index in [0.717, 1.165) is 23.6 Å². The molecule has 0 saturated heterocycles. The summed E-state index contributed by atoms with van der Waals surface area (Å²) in [5.41, 5.74) is 2.45. The highest BCUT2D eigenvalue weighted by atomic mass is 16.1. The maximum Gasteiger partial charge on any atom is 0.251 e. The first-order valence-corrected chi connectivity index (χ1v) is 6.58. The number of rotatable bonds is 5. The Morgan fingerprint density at radius 3 is 2.70 bits per heavy atom. The van der Waals surface area contributed by atoms with E-state index in [1.165, 1.54) is 0 Å². The van der Waals surface area contributed by atoms with Crippen molar-refractivity contribution in [2.45, 2.75) is 20.4 Å². The van der Waals surface area contributed by atoms with E-state index in [1.54, 1.807) is 24.5 Å². The second-order valence-electron chi connectivity index (χ2n) is 4.45. The van der Waals surface area contributed by atoms with Gasteiger partial charge in [-0.25, -0.2) is 4.98 Å². The average Bonchev–Trinajstić information content (AvgIpc) is 2.45. The highest BCUT2D eigenvalue weighted by Gasteiger charge is 2.08. The van der Waals surface area contributed by atoms with Crippen LogP contribution >= 0.6 is 0 Å². The number of nitrogens with one attached hydrogen (secondary N) is 2. The molecule has 0 spiro atoms. The Hall–Kier alpha value is -2.43. The first kappa shape index (κ1) is 14.0. The van der Waals surface area contributed by atoms with Crippen LogP contribution in [0.5, 0.6) is 0 Å². The van der Waals surface area contributed by atoms with Gasteiger partial charge in [0.1, 0.15) is 5.82 Å². The minimum atomic E-state index is -0.105. The number of hydrogen-bond acceptors (Lipinski definition) is 4. The zero-order valence-corrected chi connectivity index (χ0v) is 11.7. The second kappa shape index (κ2) is 6.65. The van der Waals surface area contributed by atoms with Gasteiger partial charge in [0.05, 0.1) is 0 Å². The Balaban J connectivity index is 2.05. The first-order chi connectivity index (χ1) is 9.69. The van der Waals surface area contributed by atoms with Gasteiger partial charge in [-0.1, -0.05) is 0 Å². The number of amides is 1. The number of aromatic nitrogens is 2. The largest absolute Gasteiger partial charge is 0.370 e. The highest BCUT2D eigenvalue weighted by Crippen LogP contribution is 2.10. The van der Waals surface area contributed by atoms with Crippen molar-refractivity contribution in [3.8, 4) is 0 Å². The maximum absolute atomic E-state index is 12.1. The molecule has 0 fully saturated rings. The molecule has 2 aromatic rings. The van der Waals surface area contributed by atoms with Crippen molar-refractivity contribution in [2.24, 2.45) is 0 Å². The fourth-order valence-electron chi connectivity index (χ4n) is 1.86. The van der Waals surface area contributed by atoms with Gasteiger partial charge in [-0.3, -0.25) is 9.78 Å². The first-order valence-electron chi connectivity index (χ1n) is 6.58. The van der Waals surface area contributed by atoms with Crippen LogP contribution in [0.25, 0.3) is 0 Å². The molecule has 2 N–H and O–H groups in total. The molecular weight excluding hydrogens is 252 g/mol. The SMILES string of the molecule is CCNc1cc(C(=O)NCc2ccncc2)cc(C)n1. The molecule has 5 nitrogen and oxygen atoms in total. The molecule has 1 amide bonds. The summed E-state index contributed by atoms with van der Waals surface area (Å²) in [6, 6.07) is 7.30. The topological polar surface area (TPSA) is 66.9 Å². The Labute approximate surface area is 118 Å². The molecular formula is C15H18N4O. The van der Waals surface area contributed by atoms with Crippen molar-refractivity contribution in [1.29, 1.82) is 0 Å². The minimum absolute atomic E-state index is 0.105. The number of carbonyl (C=O) groups is 1. The summed E-state index contributed by atoms with van der Waals surface area (Å²) in [5, 5.41) is 6.01. The number of aryl methyl sites for hydroxylation is 1. The third kappa shape index (κ3) is 3.78. The molecule has 5 heteroatoms. The van der Waals surface area contributed by atoms with Gasteiger partial charge in [0, 0.05) is 36.7 Å². The van der Waals surface area contributed by atoms with Gasteiger partial charge in [-0.2, -0.15) is 0 Å². The molecule has 0 saturated carbocycles. The normalized spacial score (nSPS) is 10.1. The van der Waals surface area contributed by atoms with E-state index in [2.05, 4.69) is 20.6 Å². The van der Waals surface area contributed by atoms with Crippen molar-refractivity contribution < 1.29 is 4.79 Å². The van der Waals surface area contributed by atoms with Crippen molar-refractivity contribution in [3.05, 3.63) is 53.5 Å². The smallest absolute Gasteiger partial charge is 0.251 e. The van der Waals surface area contributed by atoms with Crippen LogP contribution in [0, 0.1) is 6.92 Å². The summed E-state index contributed by atoms with van der Waals surface area (Å²) in [6.07, 6.45) is 3.42. The van der Waals surface area contributed by atoms with Crippen LogP contribution in [0.1, 0.15) is 28.5 Å². The molecule has 2 rings (SSSR count). The van der Waals surface area contributed by atoms with Gasteiger partial charge in [0.25, 0.3) is 5.91 Å². The zero-order chi connectivity index (χ0) is 14.4. The van der Waals surface area contributed by atoms with Crippen molar-refractivity contribution >= 4 is 11.7 Å². The van der Waals surface area contributed by atoms with Gasteiger partial charge in [0.15, 0.2) is 0 Å². The maximum atomic E-state index is 12.1. The van der Waals surface area contributed by atoms with Gasteiger partial charge in [0.2, 0.25) is 0 Å². The van der Waals surface area contributed by atoms with Crippen LogP contribution < -0.4 is 10.6 Å². The van der Waals surface area contributed by atoms with Crippen LogP contribution in [0.4, 0.5) is 5.82 Å². The third-order valence-electron chi connectivity index (χ3n) is 2.78. The fraction of sp³-hybridized carbons (Fsp3) is 0.267. The predicted molar refractivity (Wildman–Crippen MR) is 78.5 cm³/mol. The molecule has 104 valence electrons. The van der Waals surface area contributed by atoms with Crippen LogP contribution in [-0.4, -0.2) is 22.4 Å². The lowest BCUT2D eigenvalue weighted by molar-refractivity contribution is 0.0950. The van der Waals surface area contributed by atoms with Crippen molar-refractivity contribution in [1.82, 2.24) is 15.3 Å².